The normalized spacial score (nSPS) is 22.6. The maximum atomic E-state index is 5.60. The van der Waals surface area contributed by atoms with E-state index in [-0.39, 0.29) is 0 Å². The molecule has 1 aliphatic rings. The largest absolute Gasteiger partial charge is 0.417 e. The van der Waals surface area contributed by atoms with Gasteiger partial charge in [-0.15, -0.1) is 13.2 Å². The molecule has 1 aliphatic heterocycles. The van der Waals surface area contributed by atoms with Crippen molar-refractivity contribution in [3.8, 4) is 0 Å². The van der Waals surface area contributed by atoms with E-state index in [1.807, 2.05) is 0 Å². The minimum absolute atomic E-state index is 1.03. The zero-order valence-corrected chi connectivity index (χ0v) is 8.15. The van der Waals surface area contributed by atoms with Crippen molar-refractivity contribution in [1.29, 1.82) is 0 Å². The van der Waals surface area contributed by atoms with Crippen LogP contribution < -0.4 is 0 Å². The second-order valence-electron chi connectivity index (χ2n) is 3.07. The van der Waals surface area contributed by atoms with Gasteiger partial charge in [0, 0.05) is 6.61 Å². The second-order valence-corrected chi connectivity index (χ2v) is 7.37. The minimum atomic E-state index is -1.09. The molecule has 0 unspecified atom stereocenters. The Morgan fingerprint density at radius 1 is 1.20 bits per heavy atom. The summed E-state index contributed by atoms with van der Waals surface area (Å²) < 4.78 is 5.60. The Hall–Kier alpha value is -0.0831. The highest BCUT2D eigenvalue weighted by molar-refractivity contribution is 6.71. The highest BCUT2D eigenvalue weighted by Gasteiger charge is 2.24. The van der Waals surface area contributed by atoms with Crippen molar-refractivity contribution in [2.75, 3.05) is 6.61 Å². The lowest BCUT2D eigenvalue weighted by Gasteiger charge is -2.27. The van der Waals surface area contributed by atoms with Crippen LogP contribution in [0, 0.1) is 0 Å². The predicted octanol–water partition coefficient (Wildman–Crippen LogP) is 2.80. The number of hydrogen-bond acceptors (Lipinski definition) is 1. The summed E-state index contributed by atoms with van der Waals surface area (Å²) in [6, 6.07) is 1.37. The molecule has 10 heavy (non-hydrogen) atoms. The fraction of sp³-hybridized carbons (Fsp3) is 0.750. The topological polar surface area (TPSA) is 9.23 Å². The number of rotatable bonds is 0. The molecule has 0 atom stereocenters. The lowest BCUT2D eigenvalue weighted by atomic mass is 10.4. The molecule has 0 N–H and O–H groups in total. The molecular formula is C8H18OSi. The summed E-state index contributed by atoms with van der Waals surface area (Å²) in [5, 5.41) is 0. The van der Waals surface area contributed by atoms with Gasteiger partial charge >= 0.3 is 0 Å². The summed E-state index contributed by atoms with van der Waals surface area (Å²) in [5.74, 6) is 0. The van der Waals surface area contributed by atoms with Crippen LogP contribution in [0.3, 0.4) is 0 Å². The van der Waals surface area contributed by atoms with Gasteiger partial charge in [-0.2, -0.15) is 0 Å². The van der Waals surface area contributed by atoms with Crippen LogP contribution in [0.1, 0.15) is 12.8 Å². The average Bonchev–Trinajstić information content (AvgIpc) is 1.92. The first kappa shape index (κ1) is 9.92. The zero-order valence-electron chi connectivity index (χ0n) is 7.15. The van der Waals surface area contributed by atoms with E-state index < -0.39 is 8.32 Å². The lowest BCUT2D eigenvalue weighted by molar-refractivity contribution is 0.275. The van der Waals surface area contributed by atoms with Crippen LogP contribution in [0.25, 0.3) is 0 Å². The van der Waals surface area contributed by atoms with Gasteiger partial charge < -0.3 is 4.43 Å². The SMILES string of the molecule is C=C.C[Si]1(C)CCCCO1. The van der Waals surface area contributed by atoms with E-state index in [1.54, 1.807) is 0 Å². The molecular weight excluding hydrogens is 140 g/mol. The summed E-state index contributed by atoms with van der Waals surface area (Å²) in [4.78, 5) is 0. The maximum absolute atomic E-state index is 5.60. The Morgan fingerprint density at radius 2 is 1.80 bits per heavy atom. The van der Waals surface area contributed by atoms with E-state index in [2.05, 4.69) is 26.3 Å². The average molecular weight is 158 g/mol. The fourth-order valence-corrected chi connectivity index (χ4v) is 3.02. The van der Waals surface area contributed by atoms with Gasteiger partial charge in [-0.3, -0.25) is 0 Å². The predicted molar refractivity (Wildman–Crippen MR) is 48.7 cm³/mol. The molecule has 2 heteroatoms. The molecule has 0 radical (unpaired) electrons. The highest BCUT2D eigenvalue weighted by atomic mass is 28.4. The molecule has 1 saturated heterocycles. The highest BCUT2D eigenvalue weighted by Crippen LogP contribution is 2.20. The molecule has 1 nitrogen and oxygen atoms in total. The minimum Gasteiger partial charge on any atom is -0.417 e. The lowest BCUT2D eigenvalue weighted by Crippen LogP contribution is -2.33. The fourth-order valence-electron chi connectivity index (χ4n) is 1.07. The van der Waals surface area contributed by atoms with Crippen molar-refractivity contribution in [2.24, 2.45) is 0 Å². The third-order valence-corrected chi connectivity index (χ3v) is 4.21. The molecule has 0 amide bonds. The maximum Gasteiger partial charge on any atom is 0.186 e. The third kappa shape index (κ3) is 3.85. The van der Waals surface area contributed by atoms with Gasteiger partial charge in [0.25, 0.3) is 0 Å². The summed E-state index contributed by atoms with van der Waals surface area (Å²) in [5.41, 5.74) is 0. The van der Waals surface area contributed by atoms with Crippen LogP contribution in [0.4, 0.5) is 0 Å². The van der Waals surface area contributed by atoms with Crippen molar-refractivity contribution in [3.05, 3.63) is 13.2 Å². The first-order valence-electron chi connectivity index (χ1n) is 3.85. The quantitative estimate of drug-likeness (QED) is 0.389. The van der Waals surface area contributed by atoms with Crippen molar-refractivity contribution in [3.63, 3.8) is 0 Å². The van der Waals surface area contributed by atoms with Gasteiger partial charge in [-0.1, -0.05) is 6.42 Å². The molecule has 0 aromatic rings. The van der Waals surface area contributed by atoms with Crippen molar-refractivity contribution >= 4 is 8.32 Å². The van der Waals surface area contributed by atoms with E-state index in [1.165, 1.54) is 18.9 Å². The molecule has 0 aromatic heterocycles. The summed E-state index contributed by atoms with van der Waals surface area (Å²) in [6.45, 7) is 11.6. The van der Waals surface area contributed by atoms with Crippen molar-refractivity contribution in [1.82, 2.24) is 0 Å². The van der Waals surface area contributed by atoms with Crippen LogP contribution in [-0.2, 0) is 4.43 Å². The zero-order chi connectivity index (χ0) is 8.04. The molecule has 1 rings (SSSR count). The summed E-state index contributed by atoms with van der Waals surface area (Å²) in [6.07, 6.45) is 2.69. The van der Waals surface area contributed by atoms with Crippen molar-refractivity contribution < 1.29 is 4.43 Å². The first-order valence-corrected chi connectivity index (χ1v) is 6.96. The Labute approximate surface area is 65.2 Å². The monoisotopic (exact) mass is 158 g/mol. The summed E-state index contributed by atoms with van der Waals surface area (Å²) >= 11 is 0. The van der Waals surface area contributed by atoms with E-state index in [0.29, 0.717) is 0 Å². The standard InChI is InChI=1S/C6H14OSi.C2H4/c1-8(2)6-4-3-5-7-8;1-2/h3-6H2,1-2H3;1-2H2. The Balaban J connectivity index is 0.000000371. The first-order chi connectivity index (χ1) is 4.71. The summed E-state index contributed by atoms with van der Waals surface area (Å²) in [7, 11) is -1.09. The van der Waals surface area contributed by atoms with Crippen LogP contribution >= 0.6 is 0 Å². The molecule has 1 heterocycles. The van der Waals surface area contributed by atoms with Gasteiger partial charge in [0.15, 0.2) is 8.32 Å². The van der Waals surface area contributed by atoms with E-state index in [9.17, 15) is 0 Å². The smallest absolute Gasteiger partial charge is 0.186 e. The number of hydrogen-bond donors (Lipinski definition) is 0. The van der Waals surface area contributed by atoms with Crippen LogP contribution in [0.2, 0.25) is 19.1 Å². The Kier molecular flexibility index (Phi) is 4.65. The molecule has 0 saturated carbocycles. The van der Waals surface area contributed by atoms with E-state index in [0.717, 1.165) is 6.61 Å². The van der Waals surface area contributed by atoms with Gasteiger partial charge in [-0.25, -0.2) is 0 Å². The third-order valence-electron chi connectivity index (χ3n) is 1.67. The molecule has 0 aromatic carbocycles. The van der Waals surface area contributed by atoms with E-state index in [4.69, 9.17) is 4.43 Å². The molecule has 1 fully saturated rings. The van der Waals surface area contributed by atoms with Gasteiger partial charge in [0.05, 0.1) is 0 Å². The molecule has 0 bridgehead atoms. The Bertz CT molecular complexity index is 83.3. The van der Waals surface area contributed by atoms with Gasteiger partial charge in [0.2, 0.25) is 0 Å². The Morgan fingerprint density at radius 3 is 2.00 bits per heavy atom. The van der Waals surface area contributed by atoms with Crippen LogP contribution in [0.15, 0.2) is 13.2 Å². The van der Waals surface area contributed by atoms with Crippen LogP contribution in [0.5, 0.6) is 0 Å². The van der Waals surface area contributed by atoms with Crippen LogP contribution in [-0.4, -0.2) is 14.9 Å². The molecule has 60 valence electrons. The molecule has 0 aliphatic carbocycles. The van der Waals surface area contributed by atoms with Gasteiger partial charge in [-0.05, 0) is 25.6 Å². The van der Waals surface area contributed by atoms with Gasteiger partial charge in [0.1, 0.15) is 0 Å². The van der Waals surface area contributed by atoms with E-state index >= 15 is 0 Å². The van der Waals surface area contributed by atoms with Crippen molar-refractivity contribution in [2.45, 2.75) is 32.0 Å². The second kappa shape index (κ2) is 4.69. The molecule has 0 spiro atoms.